The summed E-state index contributed by atoms with van der Waals surface area (Å²) in [6.07, 6.45) is -4.78. The number of carbonyl (C=O) groups excluding carboxylic acids is 2. The van der Waals surface area contributed by atoms with Gasteiger partial charge in [0.25, 0.3) is 11.8 Å². The molecule has 3 atom stereocenters. The number of rotatable bonds is 7. The van der Waals surface area contributed by atoms with Crippen molar-refractivity contribution in [3.63, 3.8) is 0 Å². The summed E-state index contributed by atoms with van der Waals surface area (Å²) < 4.78 is 62.5. The Bertz CT molecular complexity index is 1410. The van der Waals surface area contributed by atoms with Gasteiger partial charge in [-0.3, -0.25) is 9.59 Å². The van der Waals surface area contributed by atoms with E-state index in [-0.39, 0.29) is 23.7 Å². The van der Waals surface area contributed by atoms with Crippen LogP contribution in [0.15, 0.2) is 24.7 Å². The van der Waals surface area contributed by atoms with Crippen molar-refractivity contribution in [1.29, 1.82) is 0 Å². The van der Waals surface area contributed by atoms with Gasteiger partial charge in [0, 0.05) is 18.3 Å². The third-order valence-corrected chi connectivity index (χ3v) is 6.74. The number of fused-ring (bicyclic) bond motifs is 1. The molecule has 1 saturated heterocycles. The fraction of sp³-hybridized carbons (Fsp3) is 0.458. The molecule has 0 saturated carbocycles. The lowest BCUT2D eigenvalue weighted by atomic mass is 9.92. The highest BCUT2D eigenvalue weighted by Gasteiger charge is 2.59. The Labute approximate surface area is 220 Å². The maximum Gasteiger partial charge on any atom is 0.415 e. The first-order valence-electron chi connectivity index (χ1n) is 12.1. The van der Waals surface area contributed by atoms with Crippen LogP contribution in [0.5, 0.6) is 5.88 Å². The molecule has 0 spiro atoms. The van der Waals surface area contributed by atoms with Crippen LogP contribution in [-0.4, -0.2) is 80.4 Å². The van der Waals surface area contributed by atoms with E-state index in [1.807, 2.05) is 6.92 Å². The lowest BCUT2D eigenvalue weighted by Crippen LogP contribution is -2.64. The van der Waals surface area contributed by atoms with Gasteiger partial charge in [0.2, 0.25) is 5.88 Å². The van der Waals surface area contributed by atoms with Gasteiger partial charge < -0.3 is 26.4 Å². The van der Waals surface area contributed by atoms with Crippen LogP contribution in [0.2, 0.25) is 0 Å². The van der Waals surface area contributed by atoms with Gasteiger partial charge in [-0.25, -0.2) is 18.9 Å². The number of alkyl halides is 4. The molecular formula is C24H28F4N8O3. The molecular weight excluding hydrogens is 524 g/mol. The average molecular weight is 553 g/mol. The summed E-state index contributed by atoms with van der Waals surface area (Å²) >= 11 is 0. The number of nitrogens with one attached hydrogen (secondary N) is 1. The molecule has 0 bridgehead atoms. The van der Waals surface area contributed by atoms with E-state index in [1.54, 1.807) is 6.07 Å². The van der Waals surface area contributed by atoms with Crippen molar-refractivity contribution >= 4 is 23.1 Å². The predicted octanol–water partition coefficient (Wildman–Crippen LogP) is 2.03. The fourth-order valence-corrected chi connectivity index (χ4v) is 4.74. The molecule has 1 fully saturated rings. The van der Waals surface area contributed by atoms with Crippen molar-refractivity contribution in [2.24, 2.45) is 5.73 Å². The second-order valence-corrected chi connectivity index (χ2v) is 9.42. The quantitative estimate of drug-likeness (QED) is 0.377. The highest BCUT2D eigenvalue weighted by Crippen LogP contribution is 2.35. The molecule has 2 amide bonds. The second-order valence-electron chi connectivity index (χ2n) is 9.42. The van der Waals surface area contributed by atoms with Gasteiger partial charge in [-0.2, -0.15) is 18.3 Å². The lowest BCUT2D eigenvalue weighted by Gasteiger charge is -2.33. The first-order chi connectivity index (χ1) is 18.3. The number of amides is 2. The number of likely N-dealkylation sites (tertiary alicyclic amines) is 1. The van der Waals surface area contributed by atoms with Gasteiger partial charge >= 0.3 is 6.18 Å². The number of halogens is 4. The lowest BCUT2D eigenvalue weighted by molar-refractivity contribution is -0.198. The normalized spacial score (nSPS) is 19.2. The van der Waals surface area contributed by atoms with Crippen LogP contribution in [0.1, 0.15) is 35.7 Å². The number of anilines is 1. The summed E-state index contributed by atoms with van der Waals surface area (Å²) in [6.45, 7) is 2.14. The molecule has 2 unspecified atom stereocenters. The summed E-state index contributed by atoms with van der Waals surface area (Å²) in [4.78, 5) is 34.8. The molecule has 0 aromatic carbocycles. The molecule has 0 radical (unpaired) electrons. The average Bonchev–Trinajstić information content (AvgIpc) is 3.42. The SMILES string of the molecule is CCCC(N)(C(=O)N1CC(NC(=O)c2cc(-c3cc(C)c4c(N)ncnn34)cnc2OC)[C@@H](F)C1)C(F)(F)F. The van der Waals surface area contributed by atoms with Gasteiger partial charge in [0.15, 0.2) is 11.4 Å². The summed E-state index contributed by atoms with van der Waals surface area (Å²) in [7, 11) is 1.29. The molecule has 4 heterocycles. The molecule has 1 aliphatic heterocycles. The number of hydrogen-bond acceptors (Lipinski definition) is 8. The first kappa shape index (κ1) is 28.0. The molecule has 210 valence electrons. The zero-order valence-electron chi connectivity index (χ0n) is 21.4. The number of nitrogens with two attached hydrogens (primary N) is 2. The molecule has 39 heavy (non-hydrogen) atoms. The molecule has 15 heteroatoms. The zero-order chi connectivity index (χ0) is 28.7. The number of methoxy groups -OCH3 is 1. The smallest absolute Gasteiger partial charge is 0.415 e. The van der Waals surface area contributed by atoms with Crippen LogP contribution in [0.3, 0.4) is 0 Å². The van der Waals surface area contributed by atoms with Gasteiger partial charge in [-0.15, -0.1) is 0 Å². The summed E-state index contributed by atoms with van der Waals surface area (Å²) in [5.41, 5.74) is 10.6. The van der Waals surface area contributed by atoms with Crippen LogP contribution >= 0.6 is 0 Å². The largest absolute Gasteiger partial charge is 0.480 e. The summed E-state index contributed by atoms with van der Waals surface area (Å²) in [5, 5.41) is 6.67. The minimum Gasteiger partial charge on any atom is -0.480 e. The maximum absolute atomic E-state index is 14.9. The van der Waals surface area contributed by atoms with Gasteiger partial charge in [-0.05, 0) is 31.0 Å². The Balaban J connectivity index is 1.59. The van der Waals surface area contributed by atoms with Gasteiger partial charge in [-0.1, -0.05) is 13.3 Å². The van der Waals surface area contributed by atoms with E-state index in [0.717, 1.165) is 5.56 Å². The van der Waals surface area contributed by atoms with Crippen LogP contribution < -0.4 is 21.5 Å². The minimum atomic E-state index is -5.02. The van der Waals surface area contributed by atoms with E-state index >= 15 is 0 Å². The monoisotopic (exact) mass is 552 g/mol. The number of aromatic nitrogens is 4. The Kier molecular flexibility index (Phi) is 7.38. The van der Waals surface area contributed by atoms with E-state index in [2.05, 4.69) is 20.4 Å². The summed E-state index contributed by atoms with van der Waals surface area (Å²) in [5.74, 6) is -2.04. The van der Waals surface area contributed by atoms with Crippen molar-refractivity contribution < 1.29 is 31.9 Å². The number of carbonyl (C=O) groups is 2. The van der Waals surface area contributed by atoms with Crippen molar-refractivity contribution in [1.82, 2.24) is 29.8 Å². The molecule has 1 aliphatic rings. The highest BCUT2D eigenvalue weighted by atomic mass is 19.4. The van der Waals surface area contributed by atoms with Crippen LogP contribution in [-0.2, 0) is 4.79 Å². The predicted molar refractivity (Wildman–Crippen MR) is 133 cm³/mol. The van der Waals surface area contributed by atoms with E-state index in [0.29, 0.717) is 21.7 Å². The minimum absolute atomic E-state index is 0.00690. The fourth-order valence-electron chi connectivity index (χ4n) is 4.74. The zero-order valence-corrected chi connectivity index (χ0v) is 21.4. The van der Waals surface area contributed by atoms with Crippen molar-refractivity contribution in [2.75, 3.05) is 25.9 Å². The Hall–Kier alpha value is -4.01. The topological polar surface area (TPSA) is 154 Å². The molecule has 3 aromatic heterocycles. The van der Waals surface area contributed by atoms with Crippen molar-refractivity contribution in [3.05, 3.63) is 35.8 Å². The number of nitrogens with zero attached hydrogens (tertiary/aromatic N) is 5. The molecule has 11 nitrogen and oxygen atoms in total. The van der Waals surface area contributed by atoms with Gasteiger partial charge in [0.05, 0.1) is 25.4 Å². The number of pyridine rings is 1. The van der Waals surface area contributed by atoms with E-state index in [1.165, 1.54) is 37.1 Å². The third-order valence-electron chi connectivity index (χ3n) is 6.74. The Morgan fingerprint density at radius 1 is 1.23 bits per heavy atom. The number of aryl methyl sites for hydroxylation is 1. The Morgan fingerprint density at radius 3 is 2.59 bits per heavy atom. The molecule has 5 N–H and O–H groups in total. The summed E-state index contributed by atoms with van der Waals surface area (Å²) in [6, 6.07) is 1.96. The first-order valence-corrected chi connectivity index (χ1v) is 12.1. The molecule has 3 aromatic rings. The molecule has 4 rings (SSSR count). The highest BCUT2D eigenvalue weighted by molar-refractivity contribution is 5.98. The molecule has 0 aliphatic carbocycles. The second kappa shape index (κ2) is 10.3. The Morgan fingerprint density at radius 2 is 1.95 bits per heavy atom. The van der Waals surface area contributed by atoms with E-state index < -0.39 is 55.3 Å². The van der Waals surface area contributed by atoms with Crippen LogP contribution in [0, 0.1) is 6.92 Å². The van der Waals surface area contributed by atoms with Gasteiger partial charge in [0.1, 0.15) is 23.6 Å². The number of ether oxygens (including phenoxy) is 1. The van der Waals surface area contributed by atoms with Crippen LogP contribution in [0.25, 0.3) is 16.8 Å². The van der Waals surface area contributed by atoms with Crippen LogP contribution in [0.4, 0.5) is 23.4 Å². The number of nitrogen functional groups attached to an aromatic ring is 1. The van der Waals surface area contributed by atoms with E-state index in [4.69, 9.17) is 16.2 Å². The van der Waals surface area contributed by atoms with Crippen molar-refractivity contribution in [2.45, 2.75) is 50.6 Å². The van der Waals surface area contributed by atoms with Crippen molar-refractivity contribution in [3.8, 4) is 17.1 Å². The van der Waals surface area contributed by atoms with E-state index in [9.17, 15) is 27.2 Å². The maximum atomic E-state index is 14.9. The standard InChI is InChI=1S/C24H28F4N8O3/c1-4-5-23(30,24(26,27)28)22(38)35-9-15(25)16(10-35)34-20(37)14-7-13(8-31-21(14)39-3)17-6-12(2)18-19(29)32-11-33-36(17)18/h6-8,11,15-16H,4-5,9-10,30H2,1-3H3,(H,34,37)(H2,29,32,33)/t15-,16?,23?/m0/s1. The number of hydrogen-bond donors (Lipinski definition) is 3. The third kappa shape index (κ3) is 4.93.